The first-order chi connectivity index (χ1) is 20.9. The number of hydrogen-bond donors (Lipinski definition) is 2. The molecule has 1 saturated heterocycles. The summed E-state index contributed by atoms with van der Waals surface area (Å²) in [4.78, 5) is 24.7. The quantitative estimate of drug-likeness (QED) is 0.210. The zero-order valence-electron chi connectivity index (χ0n) is 23.7. The van der Waals surface area contributed by atoms with Crippen LogP contribution >= 0.6 is 23.2 Å². The first kappa shape index (κ1) is 29.4. The van der Waals surface area contributed by atoms with Gasteiger partial charge in [0.05, 0.1) is 46.4 Å². The second kappa shape index (κ2) is 13.3. The van der Waals surface area contributed by atoms with Crippen LogP contribution in [-0.4, -0.2) is 62.9 Å². The van der Waals surface area contributed by atoms with Crippen LogP contribution in [0.5, 0.6) is 5.88 Å². The SMILES string of the molecule is CN1CCC(n2cc(Nc3ncc(C(=O)Nc4c(Cl)cccc4Cl)c(OC4CC(OCc5ccccc5)C4)n3)cn2)CC1. The topological polar surface area (TPSA) is 106 Å². The number of amides is 1. The lowest BCUT2D eigenvalue weighted by Gasteiger charge is -2.35. The van der Waals surface area contributed by atoms with E-state index in [1.807, 2.05) is 41.2 Å². The van der Waals surface area contributed by atoms with Gasteiger partial charge in [-0.3, -0.25) is 9.48 Å². The summed E-state index contributed by atoms with van der Waals surface area (Å²) < 4.78 is 14.3. The molecule has 2 N–H and O–H groups in total. The molecule has 1 aliphatic carbocycles. The minimum Gasteiger partial charge on any atom is -0.473 e. The Bertz CT molecular complexity index is 1530. The van der Waals surface area contributed by atoms with Crippen LogP contribution in [0.2, 0.25) is 10.0 Å². The number of carbonyl (C=O) groups excluding carboxylic acids is 1. The van der Waals surface area contributed by atoms with Crippen molar-refractivity contribution < 1.29 is 14.3 Å². The molecule has 2 fully saturated rings. The third-order valence-electron chi connectivity index (χ3n) is 7.78. The Kier molecular flexibility index (Phi) is 9.08. The van der Waals surface area contributed by atoms with Crippen LogP contribution in [0.25, 0.3) is 0 Å². The van der Waals surface area contributed by atoms with E-state index in [1.54, 1.807) is 24.4 Å². The maximum atomic E-state index is 13.4. The first-order valence-corrected chi connectivity index (χ1v) is 15.1. The summed E-state index contributed by atoms with van der Waals surface area (Å²) in [6.45, 7) is 2.62. The molecule has 1 saturated carbocycles. The number of piperidine rings is 1. The fraction of sp³-hybridized carbons (Fsp3) is 0.355. The Balaban J connectivity index is 1.16. The minimum absolute atomic E-state index is 0.0641. The molecule has 6 rings (SSSR count). The lowest BCUT2D eigenvalue weighted by atomic mass is 9.92. The second-order valence-electron chi connectivity index (χ2n) is 11.0. The number of nitrogens with one attached hydrogen (secondary N) is 2. The molecule has 0 atom stereocenters. The lowest BCUT2D eigenvalue weighted by molar-refractivity contribution is -0.0695. The number of nitrogens with zero attached hydrogens (tertiary/aromatic N) is 5. The summed E-state index contributed by atoms with van der Waals surface area (Å²) >= 11 is 12.6. The molecule has 1 amide bonds. The average Bonchev–Trinajstić information content (AvgIpc) is 3.45. The highest BCUT2D eigenvalue weighted by Gasteiger charge is 2.33. The van der Waals surface area contributed by atoms with Crippen molar-refractivity contribution in [1.82, 2.24) is 24.6 Å². The smallest absolute Gasteiger partial charge is 0.262 e. The molecule has 2 aliphatic rings. The predicted octanol–water partition coefficient (Wildman–Crippen LogP) is 6.37. The van der Waals surface area contributed by atoms with Crippen LogP contribution in [0.15, 0.2) is 67.1 Å². The number of carbonyl (C=O) groups is 1. The summed E-state index contributed by atoms with van der Waals surface area (Å²) in [6.07, 6.45) is 8.50. The fourth-order valence-electron chi connectivity index (χ4n) is 5.16. The molecular formula is C31H33Cl2N7O3. The van der Waals surface area contributed by atoms with Crippen molar-refractivity contribution in [3.63, 3.8) is 0 Å². The Hall–Kier alpha value is -3.70. The van der Waals surface area contributed by atoms with E-state index in [9.17, 15) is 4.79 Å². The van der Waals surface area contributed by atoms with E-state index in [-0.39, 0.29) is 23.7 Å². The predicted molar refractivity (Wildman–Crippen MR) is 166 cm³/mol. The molecule has 2 aromatic heterocycles. The van der Waals surface area contributed by atoms with Crippen molar-refractivity contribution in [2.75, 3.05) is 30.8 Å². The number of para-hydroxylation sites is 1. The Morgan fingerprint density at radius 2 is 1.74 bits per heavy atom. The highest BCUT2D eigenvalue weighted by atomic mass is 35.5. The fourth-order valence-corrected chi connectivity index (χ4v) is 5.65. The molecule has 1 aliphatic heterocycles. The highest BCUT2D eigenvalue weighted by Crippen LogP contribution is 2.33. The Labute approximate surface area is 260 Å². The van der Waals surface area contributed by atoms with Crippen LogP contribution in [0.1, 0.15) is 47.6 Å². The molecule has 0 radical (unpaired) electrons. The van der Waals surface area contributed by atoms with E-state index in [0.29, 0.717) is 47.2 Å². The van der Waals surface area contributed by atoms with Gasteiger partial charge in [-0.2, -0.15) is 10.1 Å². The van der Waals surface area contributed by atoms with Gasteiger partial charge in [-0.05, 0) is 50.7 Å². The molecule has 2 aromatic carbocycles. The monoisotopic (exact) mass is 621 g/mol. The summed E-state index contributed by atoms with van der Waals surface area (Å²) in [7, 11) is 2.14. The molecular weight excluding hydrogens is 589 g/mol. The van der Waals surface area contributed by atoms with Crippen LogP contribution in [-0.2, 0) is 11.3 Å². The van der Waals surface area contributed by atoms with E-state index < -0.39 is 5.91 Å². The number of aromatic nitrogens is 4. The molecule has 0 unspecified atom stereocenters. The maximum Gasteiger partial charge on any atom is 0.262 e. The van der Waals surface area contributed by atoms with Crippen molar-refractivity contribution >= 4 is 46.4 Å². The number of benzene rings is 2. The molecule has 10 nitrogen and oxygen atoms in total. The Morgan fingerprint density at radius 3 is 2.49 bits per heavy atom. The molecule has 0 bridgehead atoms. The van der Waals surface area contributed by atoms with Gasteiger partial charge in [-0.15, -0.1) is 0 Å². The first-order valence-electron chi connectivity index (χ1n) is 14.4. The average molecular weight is 623 g/mol. The third kappa shape index (κ3) is 7.27. The summed E-state index contributed by atoms with van der Waals surface area (Å²) in [5.74, 6) is -0.0308. The minimum atomic E-state index is -0.483. The van der Waals surface area contributed by atoms with E-state index in [2.05, 4.69) is 37.6 Å². The van der Waals surface area contributed by atoms with Crippen LogP contribution < -0.4 is 15.4 Å². The van der Waals surface area contributed by atoms with E-state index in [0.717, 1.165) is 37.2 Å². The Morgan fingerprint density at radius 1 is 1.00 bits per heavy atom. The number of likely N-dealkylation sites (tertiary alicyclic amines) is 1. The van der Waals surface area contributed by atoms with Crippen LogP contribution in [0.3, 0.4) is 0 Å². The van der Waals surface area contributed by atoms with Gasteiger partial charge < -0.3 is 25.0 Å². The molecule has 3 heterocycles. The summed E-state index contributed by atoms with van der Waals surface area (Å²) in [5, 5.41) is 11.2. The standard InChI is InChI=1S/C31H33Cl2N7O3/c1-39-12-10-22(11-13-39)40-18-21(16-35-40)36-31-34-17-25(29(41)37-28-26(32)8-5-9-27(28)33)30(38-31)43-24-14-23(15-24)42-19-20-6-3-2-4-7-20/h2-9,16-18,22-24H,10-15,19H2,1H3,(H,37,41)(H,34,36,38). The van der Waals surface area contributed by atoms with Gasteiger partial charge in [0.1, 0.15) is 11.7 Å². The zero-order chi connectivity index (χ0) is 29.8. The van der Waals surface area contributed by atoms with Crippen LogP contribution in [0.4, 0.5) is 17.3 Å². The van der Waals surface area contributed by atoms with E-state index in [1.165, 1.54) is 6.20 Å². The van der Waals surface area contributed by atoms with Crippen molar-refractivity contribution in [3.05, 3.63) is 88.3 Å². The summed E-state index contributed by atoms with van der Waals surface area (Å²) in [6, 6.07) is 15.4. The molecule has 224 valence electrons. The zero-order valence-corrected chi connectivity index (χ0v) is 25.3. The molecule has 4 aromatic rings. The lowest BCUT2D eigenvalue weighted by Crippen LogP contribution is -2.40. The van der Waals surface area contributed by atoms with Gasteiger partial charge in [-0.1, -0.05) is 59.6 Å². The van der Waals surface area contributed by atoms with Crippen LogP contribution in [0, 0.1) is 0 Å². The molecule has 12 heteroatoms. The van der Waals surface area contributed by atoms with Gasteiger partial charge in [0.2, 0.25) is 11.8 Å². The summed E-state index contributed by atoms with van der Waals surface area (Å²) in [5.41, 5.74) is 2.35. The normalized spacial score (nSPS) is 19.0. The van der Waals surface area contributed by atoms with Crippen molar-refractivity contribution in [1.29, 1.82) is 0 Å². The number of rotatable bonds is 10. The van der Waals surface area contributed by atoms with Gasteiger partial charge in [0, 0.05) is 25.2 Å². The number of anilines is 3. The van der Waals surface area contributed by atoms with Gasteiger partial charge >= 0.3 is 0 Å². The van der Waals surface area contributed by atoms with Gasteiger partial charge in [0.25, 0.3) is 5.91 Å². The van der Waals surface area contributed by atoms with E-state index >= 15 is 0 Å². The molecule has 43 heavy (non-hydrogen) atoms. The van der Waals surface area contributed by atoms with Gasteiger partial charge in [0.15, 0.2) is 0 Å². The van der Waals surface area contributed by atoms with Crippen molar-refractivity contribution in [2.24, 2.45) is 0 Å². The van der Waals surface area contributed by atoms with Crippen molar-refractivity contribution in [3.8, 4) is 5.88 Å². The highest BCUT2D eigenvalue weighted by molar-refractivity contribution is 6.40. The third-order valence-corrected chi connectivity index (χ3v) is 8.41. The van der Waals surface area contributed by atoms with Gasteiger partial charge in [-0.25, -0.2) is 4.98 Å². The number of ether oxygens (including phenoxy) is 2. The maximum absolute atomic E-state index is 13.4. The second-order valence-corrected chi connectivity index (χ2v) is 11.8. The van der Waals surface area contributed by atoms with E-state index in [4.69, 9.17) is 32.7 Å². The number of hydrogen-bond acceptors (Lipinski definition) is 8. The molecule has 0 spiro atoms. The van der Waals surface area contributed by atoms with Crippen molar-refractivity contribution in [2.45, 2.75) is 50.5 Å². The largest absolute Gasteiger partial charge is 0.473 e. The number of halogens is 2.